The van der Waals surface area contributed by atoms with Crippen molar-refractivity contribution in [3.05, 3.63) is 54.1 Å². The molecule has 0 spiro atoms. The Balaban J connectivity index is 2.01. The van der Waals surface area contributed by atoms with E-state index < -0.39 is 35.9 Å². The number of H-pyrrole nitrogens is 1. The monoisotopic (exact) mass is 401 g/mol. The first kappa shape index (κ1) is 22.1. The predicted octanol–water partition coefficient (Wildman–Crippen LogP) is 0.232. The molecule has 0 bridgehead atoms. The van der Waals surface area contributed by atoms with E-state index >= 15 is 0 Å². The van der Waals surface area contributed by atoms with E-state index in [0.29, 0.717) is 5.69 Å². The van der Waals surface area contributed by atoms with E-state index in [-0.39, 0.29) is 18.8 Å². The molecule has 0 radical (unpaired) electrons. The summed E-state index contributed by atoms with van der Waals surface area (Å²) in [5, 5.41) is 14.6. The second kappa shape index (κ2) is 10.4. The number of rotatable bonds is 10. The van der Waals surface area contributed by atoms with Crippen molar-refractivity contribution in [1.29, 1.82) is 0 Å². The maximum absolute atomic E-state index is 12.7. The molecule has 156 valence electrons. The fourth-order valence-electron chi connectivity index (χ4n) is 2.83. The number of aromatic nitrogens is 2. The molecule has 0 fully saturated rings. The van der Waals surface area contributed by atoms with Gasteiger partial charge in [0.1, 0.15) is 12.1 Å². The number of amides is 2. The van der Waals surface area contributed by atoms with E-state index in [9.17, 15) is 19.5 Å². The maximum atomic E-state index is 12.7. The van der Waals surface area contributed by atoms with Crippen LogP contribution in [-0.4, -0.2) is 51.0 Å². The molecule has 3 atom stereocenters. The van der Waals surface area contributed by atoms with Crippen LogP contribution in [0, 0.1) is 5.92 Å². The normalized spacial score (nSPS) is 14.1. The van der Waals surface area contributed by atoms with Crippen LogP contribution in [0.15, 0.2) is 42.9 Å². The Bertz CT molecular complexity index is 808. The van der Waals surface area contributed by atoms with E-state index in [1.165, 1.54) is 6.33 Å². The van der Waals surface area contributed by atoms with Crippen LogP contribution in [-0.2, 0) is 27.2 Å². The molecule has 29 heavy (non-hydrogen) atoms. The van der Waals surface area contributed by atoms with Crippen LogP contribution >= 0.6 is 0 Å². The zero-order valence-corrected chi connectivity index (χ0v) is 16.5. The Morgan fingerprint density at radius 1 is 1.10 bits per heavy atom. The molecule has 2 rings (SSSR count). The van der Waals surface area contributed by atoms with Gasteiger partial charge in [0.15, 0.2) is 0 Å². The van der Waals surface area contributed by atoms with Gasteiger partial charge >= 0.3 is 5.97 Å². The molecular weight excluding hydrogens is 374 g/mol. The summed E-state index contributed by atoms with van der Waals surface area (Å²) in [6.07, 6.45) is 3.44. The van der Waals surface area contributed by atoms with Gasteiger partial charge in [-0.05, 0) is 11.5 Å². The van der Waals surface area contributed by atoms with Crippen molar-refractivity contribution in [3.63, 3.8) is 0 Å². The SMILES string of the molecule is CC(C)C(NC(=O)C(N)Cc1cnc[nH]1)C(=O)NC(Cc1ccccc1)C(=O)O. The highest BCUT2D eigenvalue weighted by Gasteiger charge is 2.30. The zero-order valence-electron chi connectivity index (χ0n) is 16.5. The molecule has 1 heterocycles. The van der Waals surface area contributed by atoms with Crippen LogP contribution in [0.1, 0.15) is 25.1 Å². The quantitative estimate of drug-likeness (QED) is 0.385. The Morgan fingerprint density at radius 3 is 2.34 bits per heavy atom. The molecule has 0 saturated carbocycles. The van der Waals surface area contributed by atoms with Crippen molar-refractivity contribution >= 4 is 17.8 Å². The van der Waals surface area contributed by atoms with Gasteiger partial charge in [-0.15, -0.1) is 0 Å². The summed E-state index contributed by atoms with van der Waals surface area (Å²) in [6, 6.07) is 6.12. The highest BCUT2D eigenvalue weighted by molar-refractivity contribution is 5.92. The van der Waals surface area contributed by atoms with Gasteiger partial charge in [0, 0.05) is 24.7 Å². The van der Waals surface area contributed by atoms with Crippen LogP contribution in [0.25, 0.3) is 0 Å². The van der Waals surface area contributed by atoms with Crippen molar-refractivity contribution in [2.24, 2.45) is 11.7 Å². The highest BCUT2D eigenvalue weighted by Crippen LogP contribution is 2.07. The summed E-state index contributed by atoms with van der Waals surface area (Å²) in [5.74, 6) is -2.47. The Morgan fingerprint density at radius 2 is 1.79 bits per heavy atom. The van der Waals surface area contributed by atoms with E-state index in [2.05, 4.69) is 20.6 Å². The average Bonchev–Trinajstić information content (AvgIpc) is 3.18. The van der Waals surface area contributed by atoms with Crippen molar-refractivity contribution in [3.8, 4) is 0 Å². The minimum atomic E-state index is -1.15. The van der Waals surface area contributed by atoms with Crippen LogP contribution in [0.3, 0.4) is 0 Å². The number of benzene rings is 1. The van der Waals surface area contributed by atoms with Gasteiger partial charge in [-0.3, -0.25) is 9.59 Å². The molecule has 2 amide bonds. The summed E-state index contributed by atoms with van der Waals surface area (Å²) in [7, 11) is 0. The zero-order chi connectivity index (χ0) is 21.4. The molecule has 9 nitrogen and oxygen atoms in total. The molecular formula is C20H27N5O4. The number of carbonyl (C=O) groups is 3. The molecule has 1 aromatic heterocycles. The number of carbonyl (C=O) groups excluding carboxylic acids is 2. The topological polar surface area (TPSA) is 150 Å². The van der Waals surface area contributed by atoms with Gasteiger partial charge in [-0.2, -0.15) is 0 Å². The van der Waals surface area contributed by atoms with E-state index in [1.807, 2.05) is 6.07 Å². The minimum Gasteiger partial charge on any atom is -0.480 e. The number of aliphatic carboxylic acids is 1. The molecule has 0 aliphatic rings. The van der Waals surface area contributed by atoms with Crippen molar-refractivity contribution in [1.82, 2.24) is 20.6 Å². The number of nitrogens with zero attached hydrogens (tertiary/aromatic N) is 1. The lowest BCUT2D eigenvalue weighted by Crippen LogP contribution is -2.56. The third-order valence-corrected chi connectivity index (χ3v) is 4.48. The first-order valence-electron chi connectivity index (χ1n) is 9.38. The largest absolute Gasteiger partial charge is 0.480 e. The summed E-state index contributed by atoms with van der Waals surface area (Å²) in [6.45, 7) is 3.52. The number of carboxylic acids is 1. The predicted molar refractivity (Wildman–Crippen MR) is 107 cm³/mol. The molecule has 2 aromatic rings. The molecule has 0 aliphatic carbocycles. The number of carboxylic acid groups (broad SMARTS) is 1. The summed E-state index contributed by atoms with van der Waals surface area (Å²) >= 11 is 0. The van der Waals surface area contributed by atoms with Gasteiger partial charge in [0.25, 0.3) is 0 Å². The van der Waals surface area contributed by atoms with Crippen molar-refractivity contribution in [2.75, 3.05) is 0 Å². The molecule has 3 unspecified atom stereocenters. The fourth-order valence-corrected chi connectivity index (χ4v) is 2.83. The second-order valence-electron chi connectivity index (χ2n) is 7.21. The van der Waals surface area contributed by atoms with E-state index in [4.69, 9.17) is 5.73 Å². The van der Waals surface area contributed by atoms with Gasteiger partial charge in [0.2, 0.25) is 11.8 Å². The van der Waals surface area contributed by atoms with Crippen LogP contribution in [0.4, 0.5) is 0 Å². The fraction of sp³-hybridized carbons (Fsp3) is 0.400. The Hall–Kier alpha value is -3.20. The number of aromatic amines is 1. The van der Waals surface area contributed by atoms with Crippen LogP contribution in [0.2, 0.25) is 0 Å². The Labute approximate surface area is 169 Å². The number of nitrogens with two attached hydrogens (primary N) is 1. The number of hydrogen-bond donors (Lipinski definition) is 5. The molecule has 0 saturated heterocycles. The highest BCUT2D eigenvalue weighted by atomic mass is 16.4. The smallest absolute Gasteiger partial charge is 0.326 e. The number of nitrogens with one attached hydrogen (secondary N) is 3. The summed E-state index contributed by atoms with van der Waals surface area (Å²) < 4.78 is 0. The van der Waals surface area contributed by atoms with Gasteiger partial charge in [-0.25, -0.2) is 9.78 Å². The number of imidazole rings is 1. The van der Waals surface area contributed by atoms with Crippen molar-refractivity contribution in [2.45, 2.75) is 44.8 Å². The van der Waals surface area contributed by atoms with E-state index in [0.717, 1.165) is 5.56 Å². The van der Waals surface area contributed by atoms with Crippen molar-refractivity contribution < 1.29 is 19.5 Å². The lowest BCUT2D eigenvalue weighted by Gasteiger charge is -2.25. The third kappa shape index (κ3) is 6.72. The lowest BCUT2D eigenvalue weighted by atomic mass is 10.0. The summed E-state index contributed by atoms with van der Waals surface area (Å²) in [5.41, 5.74) is 7.41. The second-order valence-corrected chi connectivity index (χ2v) is 7.21. The third-order valence-electron chi connectivity index (χ3n) is 4.48. The number of hydrogen-bond acceptors (Lipinski definition) is 5. The molecule has 9 heteroatoms. The minimum absolute atomic E-state index is 0.139. The van der Waals surface area contributed by atoms with Crippen LogP contribution < -0.4 is 16.4 Å². The lowest BCUT2D eigenvalue weighted by molar-refractivity contribution is -0.142. The molecule has 1 aromatic carbocycles. The average molecular weight is 401 g/mol. The maximum Gasteiger partial charge on any atom is 0.326 e. The van der Waals surface area contributed by atoms with Gasteiger partial charge in [0.05, 0.1) is 12.4 Å². The molecule has 0 aliphatic heterocycles. The Kier molecular flexibility index (Phi) is 7.90. The standard InChI is InChI=1S/C20H27N5O4/c1-12(2)17(25-18(26)15(21)9-14-10-22-11-23-14)19(27)24-16(20(28)29)8-13-6-4-3-5-7-13/h3-7,10-12,15-17H,8-9,21H2,1-2H3,(H,22,23)(H,24,27)(H,25,26)(H,28,29). The van der Waals surface area contributed by atoms with Crippen LogP contribution in [0.5, 0.6) is 0 Å². The first-order chi connectivity index (χ1) is 13.8. The van der Waals surface area contributed by atoms with Gasteiger partial charge < -0.3 is 26.5 Å². The van der Waals surface area contributed by atoms with Gasteiger partial charge in [-0.1, -0.05) is 44.2 Å². The van der Waals surface area contributed by atoms with E-state index in [1.54, 1.807) is 44.3 Å². The summed E-state index contributed by atoms with van der Waals surface area (Å²) in [4.78, 5) is 43.5. The first-order valence-corrected chi connectivity index (χ1v) is 9.38. The molecule has 6 N–H and O–H groups in total.